The number of fused-ring (bicyclic) bond motifs is 1. The summed E-state index contributed by atoms with van der Waals surface area (Å²) >= 11 is 0. The first-order valence-electron chi connectivity index (χ1n) is 4.85. The second-order valence-corrected chi connectivity index (χ2v) is 4.02. The van der Waals surface area contributed by atoms with Crippen molar-refractivity contribution >= 4 is 0 Å². The van der Waals surface area contributed by atoms with Crippen molar-refractivity contribution in [3.05, 3.63) is 0 Å². The lowest BCUT2D eigenvalue weighted by Crippen LogP contribution is -2.59. The molecule has 1 N–H and O–H groups in total. The Morgan fingerprint density at radius 1 is 1.33 bits per heavy atom. The lowest BCUT2D eigenvalue weighted by Gasteiger charge is -2.43. The number of nitrogens with one attached hydrogen (secondary N) is 1. The molecule has 0 saturated carbocycles. The molecule has 70 valence electrons. The molecule has 2 heterocycles. The van der Waals surface area contributed by atoms with Crippen LogP contribution in [0.3, 0.4) is 0 Å². The topological polar surface area (TPSA) is 24.5 Å². The maximum Gasteiger partial charge on any atom is 0.0593 e. The summed E-state index contributed by atoms with van der Waals surface area (Å²) in [5, 5.41) is 3.46. The summed E-state index contributed by atoms with van der Waals surface area (Å²) in [6, 6.07) is 0. The lowest BCUT2D eigenvalue weighted by molar-refractivity contribution is 0.0817. The van der Waals surface area contributed by atoms with Crippen LogP contribution in [0.25, 0.3) is 0 Å². The number of nitrogens with zero attached hydrogens (tertiary/aromatic N) is 1. The molecule has 0 bridgehead atoms. The molecule has 0 amide bonds. The monoisotopic (exact) mass is 170 g/mol. The smallest absolute Gasteiger partial charge is 0.0593 e. The molecule has 2 rings (SSSR count). The van der Waals surface area contributed by atoms with E-state index >= 15 is 0 Å². The maximum absolute atomic E-state index is 5.48. The fourth-order valence-electron chi connectivity index (χ4n) is 2.15. The van der Waals surface area contributed by atoms with Gasteiger partial charge in [-0.1, -0.05) is 0 Å². The van der Waals surface area contributed by atoms with Gasteiger partial charge in [0, 0.05) is 38.3 Å². The Labute approximate surface area is 74.1 Å². The van der Waals surface area contributed by atoms with E-state index in [-0.39, 0.29) is 0 Å². The normalized spacial score (nSPS) is 38.8. The maximum atomic E-state index is 5.48. The fourth-order valence-corrected chi connectivity index (χ4v) is 2.15. The second-order valence-electron chi connectivity index (χ2n) is 4.02. The van der Waals surface area contributed by atoms with E-state index in [1.807, 2.05) is 0 Å². The zero-order chi connectivity index (χ0) is 8.44. The minimum absolute atomic E-state index is 0.356. The van der Waals surface area contributed by atoms with Gasteiger partial charge in [0.2, 0.25) is 0 Å². The molecule has 3 heteroatoms. The van der Waals surface area contributed by atoms with Gasteiger partial charge >= 0.3 is 0 Å². The Hall–Kier alpha value is -0.120. The molecule has 2 saturated heterocycles. The van der Waals surface area contributed by atoms with Crippen molar-refractivity contribution < 1.29 is 4.74 Å². The van der Waals surface area contributed by atoms with Gasteiger partial charge in [-0.2, -0.15) is 0 Å². The Bertz CT molecular complexity index is 163. The minimum Gasteiger partial charge on any atom is -0.380 e. The molecule has 0 radical (unpaired) electrons. The first-order chi connectivity index (χ1) is 5.81. The van der Waals surface area contributed by atoms with Crippen molar-refractivity contribution in [2.45, 2.75) is 18.9 Å². The van der Waals surface area contributed by atoms with Crippen molar-refractivity contribution in [1.29, 1.82) is 0 Å². The molecule has 0 unspecified atom stereocenters. The summed E-state index contributed by atoms with van der Waals surface area (Å²) in [6.07, 6.45) is 1.17. The van der Waals surface area contributed by atoms with E-state index in [1.54, 1.807) is 0 Å². The predicted octanol–water partition coefficient (Wildman–Crippen LogP) is 0.0706. The average Bonchev–Trinajstić information content (AvgIpc) is 2.25. The average molecular weight is 170 g/mol. The fraction of sp³-hybridized carbons (Fsp3) is 1.00. The van der Waals surface area contributed by atoms with Crippen molar-refractivity contribution in [3.63, 3.8) is 0 Å². The molecule has 0 aromatic heterocycles. The van der Waals surface area contributed by atoms with Crippen LogP contribution in [0.1, 0.15) is 13.3 Å². The Balaban J connectivity index is 2.07. The number of ether oxygens (including phenoxy) is 1. The van der Waals surface area contributed by atoms with Gasteiger partial charge in [0.25, 0.3) is 0 Å². The standard InChI is InChI=1S/C9H18N2O/c1-9-2-6-12-7-5-11(9)4-3-10-8-9/h10H,2-8H2,1H3/t9-/m0/s1. The van der Waals surface area contributed by atoms with Crippen molar-refractivity contribution in [2.75, 3.05) is 39.4 Å². The summed E-state index contributed by atoms with van der Waals surface area (Å²) in [4.78, 5) is 2.57. The van der Waals surface area contributed by atoms with Crippen LogP contribution in [0.4, 0.5) is 0 Å². The summed E-state index contributed by atoms with van der Waals surface area (Å²) in [5.74, 6) is 0. The van der Waals surface area contributed by atoms with Gasteiger partial charge in [-0.15, -0.1) is 0 Å². The molecular formula is C9H18N2O. The van der Waals surface area contributed by atoms with Gasteiger partial charge in [-0.05, 0) is 13.3 Å². The summed E-state index contributed by atoms with van der Waals surface area (Å²) in [5.41, 5.74) is 0.356. The quantitative estimate of drug-likeness (QED) is 0.557. The third-order valence-corrected chi connectivity index (χ3v) is 3.12. The molecule has 0 aromatic carbocycles. The highest BCUT2D eigenvalue weighted by atomic mass is 16.5. The zero-order valence-electron chi connectivity index (χ0n) is 7.81. The Morgan fingerprint density at radius 3 is 3.17 bits per heavy atom. The van der Waals surface area contributed by atoms with Crippen LogP contribution in [0.2, 0.25) is 0 Å². The van der Waals surface area contributed by atoms with Crippen molar-refractivity contribution in [3.8, 4) is 0 Å². The van der Waals surface area contributed by atoms with Crippen LogP contribution in [0.5, 0.6) is 0 Å². The van der Waals surface area contributed by atoms with Gasteiger partial charge in [0.1, 0.15) is 0 Å². The molecule has 2 aliphatic heterocycles. The van der Waals surface area contributed by atoms with E-state index in [0.717, 1.165) is 32.8 Å². The summed E-state index contributed by atoms with van der Waals surface area (Å²) < 4.78 is 5.48. The SMILES string of the molecule is C[C@@]12CCOCCN1CCNC2. The van der Waals surface area contributed by atoms with E-state index in [4.69, 9.17) is 4.74 Å². The summed E-state index contributed by atoms with van der Waals surface area (Å²) in [6.45, 7) is 8.72. The van der Waals surface area contributed by atoms with E-state index < -0.39 is 0 Å². The second kappa shape index (κ2) is 3.32. The molecular weight excluding hydrogens is 152 g/mol. The van der Waals surface area contributed by atoms with Crippen LogP contribution in [-0.4, -0.2) is 49.8 Å². The van der Waals surface area contributed by atoms with Crippen molar-refractivity contribution in [1.82, 2.24) is 10.2 Å². The third-order valence-electron chi connectivity index (χ3n) is 3.12. The molecule has 12 heavy (non-hydrogen) atoms. The molecule has 0 spiro atoms. The predicted molar refractivity (Wildman–Crippen MR) is 48.3 cm³/mol. The van der Waals surface area contributed by atoms with Gasteiger partial charge in [0.05, 0.1) is 6.61 Å². The van der Waals surface area contributed by atoms with E-state index in [1.165, 1.54) is 13.0 Å². The molecule has 2 aliphatic rings. The first-order valence-corrected chi connectivity index (χ1v) is 4.85. The minimum atomic E-state index is 0.356. The molecule has 1 atom stereocenters. The van der Waals surface area contributed by atoms with E-state index in [9.17, 15) is 0 Å². The number of hydrogen-bond acceptors (Lipinski definition) is 3. The number of hydrogen-bond donors (Lipinski definition) is 1. The zero-order valence-corrected chi connectivity index (χ0v) is 7.81. The molecule has 2 fully saturated rings. The van der Waals surface area contributed by atoms with Gasteiger partial charge < -0.3 is 10.1 Å². The van der Waals surface area contributed by atoms with Crippen molar-refractivity contribution in [2.24, 2.45) is 0 Å². The number of rotatable bonds is 0. The number of piperazine rings is 1. The van der Waals surface area contributed by atoms with Gasteiger partial charge in [-0.25, -0.2) is 0 Å². The Morgan fingerprint density at radius 2 is 2.25 bits per heavy atom. The largest absolute Gasteiger partial charge is 0.380 e. The van der Waals surface area contributed by atoms with Crippen LogP contribution >= 0.6 is 0 Å². The van der Waals surface area contributed by atoms with E-state index in [0.29, 0.717) is 5.54 Å². The Kier molecular flexibility index (Phi) is 2.35. The first kappa shape index (κ1) is 8.48. The molecule has 3 nitrogen and oxygen atoms in total. The van der Waals surface area contributed by atoms with Crippen LogP contribution in [0.15, 0.2) is 0 Å². The highest BCUT2D eigenvalue weighted by Crippen LogP contribution is 2.22. The van der Waals surface area contributed by atoms with Crippen LogP contribution in [-0.2, 0) is 4.74 Å². The van der Waals surface area contributed by atoms with Crippen LogP contribution in [0, 0.1) is 0 Å². The lowest BCUT2D eigenvalue weighted by atomic mass is 9.94. The molecule has 0 aromatic rings. The molecule has 0 aliphatic carbocycles. The highest BCUT2D eigenvalue weighted by molar-refractivity contribution is 4.93. The van der Waals surface area contributed by atoms with Gasteiger partial charge in [0.15, 0.2) is 0 Å². The van der Waals surface area contributed by atoms with E-state index in [2.05, 4.69) is 17.1 Å². The third kappa shape index (κ3) is 1.49. The highest BCUT2D eigenvalue weighted by Gasteiger charge is 2.34. The van der Waals surface area contributed by atoms with Crippen LogP contribution < -0.4 is 5.32 Å². The van der Waals surface area contributed by atoms with Gasteiger partial charge in [-0.3, -0.25) is 4.90 Å². The summed E-state index contributed by atoms with van der Waals surface area (Å²) in [7, 11) is 0.